The van der Waals surface area contributed by atoms with Crippen molar-refractivity contribution in [2.45, 2.75) is 51.9 Å². The molecule has 0 saturated carbocycles. The Morgan fingerprint density at radius 1 is 0.627 bits per heavy atom. The van der Waals surface area contributed by atoms with Crippen LogP contribution in [0.15, 0.2) is 163 Å². The maximum absolute atomic E-state index is 2.49. The van der Waals surface area contributed by atoms with Crippen LogP contribution >= 0.6 is 22.7 Å². The van der Waals surface area contributed by atoms with Crippen LogP contribution in [0.5, 0.6) is 0 Å². The zero-order valence-electron chi connectivity index (χ0n) is 33.2. The number of benzene rings is 5. The van der Waals surface area contributed by atoms with Gasteiger partial charge in [-0.1, -0.05) is 116 Å². The fourth-order valence-electron chi connectivity index (χ4n) is 10.2. The standard InChI is InChI=1S/C55H44N2S2/c1-55(37-13-4-2-5-14-37)33-31-40(32-34-55)56(39-25-23-36(24-26-39)42-19-12-20-45-43-17-8-10-21-50(43)58-53(42)45)41-27-28-47-49(35-41)57(38-15-6-3-7-16-38)48-30-29-46-44-18-9-11-22-51(44)59-54(46)52(47)48/h2-4,6-7,10-13,15-16,19-33,35H,5,8-9,14,17-18,34H2,1H3. The molecule has 0 spiro atoms. The van der Waals surface area contributed by atoms with Crippen molar-refractivity contribution < 1.29 is 0 Å². The van der Waals surface area contributed by atoms with Gasteiger partial charge in [-0.15, -0.1) is 22.7 Å². The maximum atomic E-state index is 2.49. The van der Waals surface area contributed by atoms with Gasteiger partial charge in [-0.3, -0.25) is 0 Å². The van der Waals surface area contributed by atoms with E-state index in [1.165, 1.54) is 90.9 Å². The summed E-state index contributed by atoms with van der Waals surface area (Å²) in [6.45, 7) is 2.41. The summed E-state index contributed by atoms with van der Waals surface area (Å²) in [6.07, 6.45) is 31.2. The molecule has 0 aliphatic heterocycles. The molecule has 59 heavy (non-hydrogen) atoms. The number of nitrogens with zero attached hydrogens (tertiary/aromatic N) is 2. The molecule has 2 nitrogen and oxygen atoms in total. The van der Waals surface area contributed by atoms with Crippen LogP contribution in [-0.4, -0.2) is 4.57 Å². The van der Waals surface area contributed by atoms with Crippen LogP contribution in [0.1, 0.15) is 59.9 Å². The number of hydrogen-bond acceptors (Lipinski definition) is 3. The number of rotatable bonds is 6. The Morgan fingerprint density at radius 3 is 2.10 bits per heavy atom. The first-order valence-corrected chi connectivity index (χ1v) is 22.9. The number of hydrogen-bond donors (Lipinski definition) is 0. The largest absolute Gasteiger partial charge is 0.311 e. The first kappa shape index (κ1) is 35.0. The minimum atomic E-state index is 0.0155. The molecule has 12 rings (SSSR count). The van der Waals surface area contributed by atoms with E-state index in [9.17, 15) is 0 Å². The first-order chi connectivity index (χ1) is 29.1. The topological polar surface area (TPSA) is 8.17 Å². The van der Waals surface area contributed by atoms with E-state index in [4.69, 9.17) is 0 Å². The number of para-hydroxylation sites is 1. The van der Waals surface area contributed by atoms with Gasteiger partial charge in [0.25, 0.3) is 0 Å². The van der Waals surface area contributed by atoms with Gasteiger partial charge < -0.3 is 9.47 Å². The molecular formula is C55H44N2S2. The van der Waals surface area contributed by atoms with Crippen molar-refractivity contribution in [1.82, 2.24) is 4.57 Å². The van der Waals surface area contributed by atoms with Gasteiger partial charge in [-0.25, -0.2) is 0 Å². The second-order valence-corrected chi connectivity index (χ2v) is 18.9. The van der Waals surface area contributed by atoms with Gasteiger partial charge in [-0.2, -0.15) is 0 Å². The van der Waals surface area contributed by atoms with Crippen molar-refractivity contribution in [3.63, 3.8) is 0 Å². The molecule has 4 aliphatic rings. The lowest BCUT2D eigenvalue weighted by Crippen LogP contribution is -2.23. The van der Waals surface area contributed by atoms with Gasteiger partial charge in [-0.05, 0) is 139 Å². The lowest BCUT2D eigenvalue weighted by Gasteiger charge is -2.35. The van der Waals surface area contributed by atoms with Gasteiger partial charge in [0.2, 0.25) is 0 Å². The highest BCUT2D eigenvalue weighted by atomic mass is 32.1. The number of allylic oxidation sites excluding steroid dienone is 9. The van der Waals surface area contributed by atoms with Crippen molar-refractivity contribution in [3.8, 4) is 16.8 Å². The molecule has 5 aromatic carbocycles. The predicted octanol–water partition coefficient (Wildman–Crippen LogP) is 16.1. The van der Waals surface area contributed by atoms with Crippen LogP contribution in [-0.2, 0) is 12.8 Å². The summed E-state index contributed by atoms with van der Waals surface area (Å²) in [5.74, 6) is 0. The minimum Gasteiger partial charge on any atom is -0.311 e. The Bertz CT molecular complexity index is 3190. The molecule has 0 saturated heterocycles. The molecule has 0 fully saturated rings. The molecule has 0 amide bonds. The van der Waals surface area contributed by atoms with E-state index in [0.717, 1.165) is 56.3 Å². The Balaban J connectivity index is 1.03. The van der Waals surface area contributed by atoms with Gasteiger partial charge in [0.15, 0.2) is 0 Å². The average molecular weight is 797 g/mol. The highest BCUT2D eigenvalue weighted by Crippen LogP contribution is 2.48. The van der Waals surface area contributed by atoms with Crippen LogP contribution < -0.4 is 4.90 Å². The zero-order valence-corrected chi connectivity index (χ0v) is 34.9. The minimum absolute atomic E-state index is 0.0155. The van der Waals surface area contributed by atoms with E-state index >= 15 is 0 Å². The zero-order chi connectivity index (χ0) is 39.1. The molecule has 3 aromatic heterocycles. The van der Waals surface area contributed by atoms with E-state index in [1.807, 2.05) is 22.7 Å². The third kappa shape index (κ3) is 5.64. The highest BCUT2D eigenvalue weighted by Gasteiger charge is 2.30. The summed E-state index contributed by atoms with van der Waals surface area (Å²) in [5, 5.41) is 5.49. The Morgan fingerprint density at radius 2 is 1.36 bits per heavy atom. The van der Waals surface area contributed by atoms with Crippen LogP contribution in [0, 0.1) is 5.41 Å². The molecule has 1 atom stereocenters. The second-order valence-electron chi connectivity index (χ2n) is 16.8. The summed E-state index contributed by atoms with van der Waals surface area (Å²) >= 11 is 3.91. The second kappa shape index (κ2) is 13.8. The quantitative estimate of drug-likeness (QED) is 0.163. The third-order valence-electron chi connectivity index (χ3n) is 13.3. The summed E-state index contributed by atoms with van der Waals surface area (Å²) < 4.78 is 5.29. The molecule has 3 heterocycles. The van der Waals surface area contributed by atoms with E-state index in [2.05, 4.69) is 180 Å². The van der Waals surface area contributed by atoms with E-state index in [1.54, 1.807) is 0 Å². The summed E-state index contributed by atoms with van der Waals surface area (Å²) in [7, 11) is 0. The molecule has 4 aliphatic carbocycles. The van der Waals surface area contributed by atoms with Crippen LogP contribution in [0.25, 0.3) is 70.9 Å². The fraction of sp³-hybridized carbons (Fsp3) is 0.164. The SMILES string of the molecule is CC1(C2=CC=CCC2)C=CC(N(c2ccc(-c3cccc4c5c(sc34)C=CCC5)cc2)c2ccc3c4c5sc6c(c5ccc4n(-c4ccccc4)c3c2)CCC=C6)=CC1. The number of anilines is 2. The smallest absolute Gasteiger partial charge is 0.0562 e. The Kier molecular flexibility index (Phi) is 8.22. The number of fused-ring (bicyclic) bond motifs is 10. The molecule has 8 aromatic rings. The van der Waals surface area contributed by atoms with Gasteiger partial charge in [0.05, 0.1) is 11.0 Å². The molecule has 1 unspecified atom stereocenters. The predicted molar refractivity (Wildman–Crippen MR) is 257 cm³/mol. The molecule has 286 valence electrons. The van der Waals surface area contributed by atoms with E-state index in [0.29, 0.717) is 0 Å². The first-order valence-electron chi connectivity index (χ1n) is 21.2. The number of aryl methyl sites for hydroxylation is 2. The van der Waals surface area contributed by atoms with Gasteiger partial charge >= 0.3 is 0 Å². The molecule has 0 bridgehead atoms. The number of aromatic nitrogens is 1. The lowest BCUT2D eigenvalue weighted by molar-refractivity contribution is 0.492. The summed E-state index contributed by atoms with van der Waals surface area (Å²) in [6, 6.07) is 39.1. The van der Waals surface area contributed by atoms with E-state index < -0.39 is 0 Å². The summed E-state index contributed by atoms with van der Waals surface area (Å²) in [5.41, 5.74) is 14.4. The monoisotopic (exact) mass is 796 g/mol. The van der Waals surface area contributed by atoms with Crippen LogP contribution in [0.3, 0.4) is 0 Å². The number of thiophene rings is 2. The van der Waals surface area contributed by atoms with Crippen molar-refractivity contribution >= 4 is 88.2 Å². The van der Waals surface area contributed by atoms with Crippen LogP contribution in [0.2, 0.25) is 0 Å². The lowest BCUT2D eigenvalue weighted by atomic mass is 9.73. The summed E-state index contributed by atoms with van der Waals surface area (Å²) in [4.78, 5) is 5.32. The molecule has 4 heteroatoms. The average Bonchev–Trinajstić information content (AvgIpc) is 3.97. The van der Waals surface area contributed by atoms with Crippen molar-refractivity contribution in [3.05, 3.63) is 184 Å². The molecule has 0 N–H and O–H groups in total. The third-order valence-corrected chi connectivity index (χ3v) is 15.8. The Labute approximate surface area is 353 Å². The van der Waals surface area contributed by atoms with Crippen molar-refractivity contribution in [2.24, 2.45) is 5.41 Å². The fourth-order valence-corrected chi connectivity index (χ4v) is 12.8. The normalized spacial score (nSPS) is 18.5. The van der Waals surface area contributed by atoms with Crippen LogP contribution in [0.4, 0.5) is 11.4 Å². The maximum Gasteiger partial charge on any atom is 0.0562 e. The van der Waals surface area contributed by atoms with Crippen molar-refractivity contribution in [2.75, 3.05) is 4.90 Å². The van der Waals surface area contributed by atoms with Gasteiger partial charge in [0, 0.05) is 58.1 Å². The van der Waals surface area contributed by atoms with Gasteiger partial charge in [0.1, 0.15) is 0 Å². The molecule has 0 radical (unpaired) electrons. The van der Waals surface area contributed by atoms with Crippen molar-refractivity contribution in [1.29, 1.82) is 0 Å². The van der Waals surface area contributed by atoms with E-state index in [-0.39, 0.29) is 5.41 Å². The highest BCUT2D eigenvalue weighted by molar-refractivity contribution is 7.21. The Hall–Kier alpha value is -5.94. The molecular weight excluding hydrogens is 753 g/mol.